The van der Waals surface area contributed by atoms with Gasteiger partial charge in [-0.1, -0.05) is 0 Å². The SMILES string of the molecule is CCOC(=O)N[C@@H]1CCCN(C(=O)[C@@H]2C[C@H]2c2ncn[nH]2)C1. The Morgan fingerprint density at radius 1 is 1.55 bits per heavy atom. The van der Waals surface area contributed by atoms with Crippen LogP contribution in [0.2, 0.25) is 0 Å². The van der Waals surface area contributed by atoms with E-state index in [1.54, 1.807) is 6.92 Å². The highest BCUT2D eigenvalue weighted by atomic mass is 16.5. The highest BCUT2D eigenvalue weighted by Gasteiger charge is 2.48. The number of amides is 2. The molecule has 2 fully saturated rings. The molecule has 0 unspecified atom stereocenters. The van der Waals surface area contributed by atoms with E-state index in [2.05, 4.69) is 20.5 Å². The van der Waals surface area contributed by atoms with Gasteiger partial charge in [-0.05, 0) is 26.2 Å². The zero-order chi connectivity index (χ0) is 15.5. The fourth-order valence-corrected chi connectivity index (χ4v) is 3.03. The van der Waals surface area contributed by atoms with E-state index in [0.29, 0.717) is 13.2 Å². The molecule has 8 heteroatoms. The second kappa shape index (κ2) is 6.33. The van der Waals surface area contributed by atoms with Crippen molar-refractivity contribution in [2.45, 2.75) is 38.1 Å². The van der Waals surface area contributed by atoms with Crippen LogP contribution in [0.1, 0.15) is 37.9 Å². The molecule has 2 aliphatic rings. The zero-order valence-electron chi connectivity index (χ0n) is 12.6. The van der Waals surface area contributed by atoms with E-state index in [1.165, 1.54) is 6.33 Å². The van der Waals surface area contributed by atoms with Crippen molar-refractivity contribution in [3.63, 3.8) is 0 Å². The maximum atomic E-state index is 12.5. The highest BCUT2D eigenvalue weighted by molar-refractivity contribution is 5.83. The van der Waals surface area contributed by atoms with Crippen LogP contribution in [-0.2, 0) is 9.53 Å². The summed E-state index contributed by atoms with van der Waals surface area (Å²) in [4.78, 5) is 30.0. The molecule has 1 saturated carbocycles. The van der Waals surface area contributed by atoms with E-state index in [1.807, 2.05) is 4.90 Å². The van der Waals surface area contributed by atoms with E-state index in [-0.39, 0.29) is 23.8 Å². The van der Waals surface area contributed by atoms with Gasteiger partial charge in [-0.3, -0.25) is 9.89 Å². The van der Waals surface area contributed by atoms with Gasteiger partial charge in [0.25, 0.3) is 0 Å². The van der Waals surface area contributed by atoms with Crippen molar-refractivity contribution in [1.29, 1.82) is 0 Å². The second-order valence-corrected chi connectivity index (χ2v) is 5.81. The first-order valence-electron chi connectivity index (χ1n) is 7.76. The number of hydrogen-bond donors (Lipinski definition) is 2. The Balaban J connectivity index is 1.52. The van der Waals surface area contributed by atoms with Crippen LogP contribution in [0.25, 0.3) is 0 Å². The number of alkyl carbamates (subject to hydrolysis) is 1. The lowest BCUT2D eigenvalue weighted by Gasteiger charge is -2.33. The maximum absolute atomic E-state index is 12.5. The number of nitrogens with zero attached hydrogens (tertiary/aromatic N) is 3. The first-order valence-corrected chi connectivity index (χ1v) is 7.76. The molecular weight excluding hydrogens is 286 g/mol. The Hall–Kier alpha value is -2.12. The number of hydrogen-bond acceptors (Lipinski definition) is 5. The topological polar surface area (TPSA) is 100 Å². The van der Waals surface area contributed by atoms with Crippen LogP contribution in [0.4, 0.5) is 4.79 Å². The van der Waals surface area contributed by atoms with Crippen molar-refractivity contribution in [3.05, 3.63) is 12.2 Å². The minimum atomic E-state index is -0.409. The van der Waals surface area contributed by atoms with Gasteiger partial charge in [-0.2, -0.15) is 5.10 Å². The molecule has 0 spiro atoms. The molecule has 3 atom stereocenters. The van der Waals surface area contributed by atoms with E-state index in [4.69, 9.17) is 4.74 Å². The van der Waals surface area contributed by atoms with Crippen molar-refractivity contribution in [1.82, 2.24) is 25.4 Å². The lowest BCUT2D eigenvalue weighted by molar-refractivity contribution is -0.134. The minimum Gasteiger partial charge on any atom is -0.450 e. The molecule has 2 N–H and O–H groups in total. The van der Waals surface area contributed by atoms with Crippen molar-refractivity contribution in [2.24, 2.45) is 5.92 Å². The highest BCUT2D eigenvalue weighted by Crippen LogP contribution is 2.47. The van der Waals surface area contributed by atoms with Gasteiger partial charge in [0.15, 0.2) is 0 Å². The van der Waals surface area contributed by atoms with E-state index >= 15 is 0 Å². The Morgan fingerprint density at radius 3 is 3.14 bits per heavy atom. The molecule has 22 heavy (non-hydrogen) atoms. The first kappa shape index (κ1) is 14.8. The summed E-state index contributed by atoms with van der Waals surface area (Å²) in [5.74, 6) is 1.09. The largest absolute Gasteiger partial charge is 0.450 e. The number of rotatable bonds is 4. The lowest BCUT2D eigenvalue weighted by atomic mass is 10.1. The molecule has 1 aromatic rings. The average molecular weight is 307 g/mol. The minimum absolute atomic E-state index is 0.00528. The number of H-pyrrole nitrogens is 1. The van der Waals surface area contributed by atoms with Gasteiger partial charge in [-0.25, -0.2) is 9.78 Å². The monoisotopic (exact) mass is 307 g/mol. The number of nitrogens with one attached hydrogen (secondary N) is 2. The van der Waals surface area contributed by atoms with Crippen molar-refractivity contribution in [2.75, 3.05) is 19.7 Å². The fraction of sp³-hybridized carbons (Fsp3) is 0.714. The Labute approximate surface area is 128 Å². The lowest BCUT2D eigenvalue weighted by Crippen LogP contribution is -2.50. The summed E-state index contributed by atoms with van der Waals surface area (Å²) in [6, 6.07) is -0.0285. The first-order chi connectivity index (χ1) is 10.7. The van der Waals surface area contributed by atoms with Crippen molar-refractivity contribution < 1.29 is 14.3 Å². The summed E-state index contributed by atoms with van der Waals surface area (Å²) < 4.78 is 4.89. The Kier molecular flexibility index (Phi) is 4.26. The summed E-state index contributed by atoms with van der Waals surface area (Å²) in [7, 11) is 0. The third-order valence-electron chi connectivity index (χ3n) is 4.22. The normalized spacial score (nSPS) is 27.3. The smallest absolute Gasteiger partial charge is 0.407 e. The molecule has 0 aromatic carbocycles. The molecule has 1 aliphatic heterocycles. The van der Waals surface area contributed by atoms with Crippen LogP contribution in [0.3, 0.4) is 0 Å². The van der Waals surface area contributed by atoms with Crippen LogP contribution in [0, 0.1) is 5.92 Å². The number of ether oxygens (including phenoxy) is 1. The van der Waals surface area contributed by atoms with Gasteiger partial charge in [0.2, 0.25) is 5.91 Å². The molecule has 8 nitrogen and oxygen atoms in total. The van der Waals surface area contributed by atoms with Gasteiger partial charge in [0.1, 0.15) is 12.2 Å². The third kappa shape index (κ3) is 3.20. The molecule has 120 valence electrons. The number of carbonyl (C=O) groups is 2. The van der Waals surface area contributed by atoms with Gasteiger partial charge in [0.05, 0.1) is 6.61 Å². The van der Waals surface area contributed by atoms with Crippen LogP contribution in [-0.4, -0.2) is 57.8 Å². The molecular formula is C14H21N5O3. The van der Waals surface area contributed by atoms with Gasteiger partial charge < -0.3 is 15.0 Å². The fourth-order valence-electron chi connectivity index (χ4n) is 3.03. The van der Waals surface area contributed by atoms with E-state index in [9.17, 15) is 9.59 Å². The summed E-state index contributed by atoms with van der Waals surface area (Å²) in [5, 5.41) is 9.48. The summed E-state index contributed by atoms with van der Waals surface area (Å²) in [6.07, 6.45) is 3.64. The predicted octanol–water partition coefficient (Wildman–Crippen LogP) is 0.645. The molecule has 2 heterocycles. The molecule has 1 aromatic heterocycles. The molecule has 0 radical (unpaired) electrons. The maximum Gasteiger partial charge on any atom is 0.407 e. The van der Waals surface area contributed by atoms with Crippen molar-refractivity contribution >= 4 is 12.0 Å². The van der Waals surface area contributed by atoms with Crippen LogP contribution in [0.5, 0.6) is 0 Å². The second-order valence-electron chi connectivity index (χ2n) is 5.81. The number of aromatic nitrogens is 3. The zero-order valence-corrected chi connectivity index (χ0v) is 12.6. The van der Waals surface area contributed by atoms with E-state index < -0.39 is 6.09 Å². The summed E-state index contributed by atoms with van der Waals surface area (Å²) in [5.41, 5.74) is 0. The standard InChI is InChI=1S/C14H21N5O3/c1-2-22-14(21)17-9-4-3-5-19(7-9)13(20)11-6-10(11)12-15-8-16-18-12/h8-11H,2-7H2,1H3,(H,17,21)(H,15,16,18)/t9-,10-,11-/m1/s1. The quantitative estimate of drug-likeness (QED) is 0.850. The van der Waals surface area contributed by atoms with Crippen LogP contribution < -0.4 is 5.32 Å². The third-order valence-corrected chi connectivity index (χ3v) is 4.22. The van der Waals surface area contributed by atoms with Crippen LogP contribution in [0.15, 0.2) is 6.33 Å². The number of piperidine rings is 1. The molecule has 2 amide bonds. The molecule has 1 saturated heterocycles. The molecule has 0 bridgehead atoms. The van der Waals surface area contributed by atoms with Gasteiger partial charge in [-0.15, -0.1) is 0 Å². The van der Waals surface area contributed by atoms with E-state index in [0.717, 1.165) is 31.6 Å². The Morgan fingerprint density at radius 2 is 2.41 bits per heavy atom. The number of likely N-dealkylation sites (tertiary alicyclic amines) is 1. The summed E-state index contributed by atoms with van der Waals surface area (Å²) >= 11 is 0. The Bertz CT molecular complexity index is 533. The van der Waals surface area contributed by atoms with Crippen LogP contribution >= 0.6 is 0 Å². The van der Waals surface area contributed by atoms with Gasteiger partial charge >= 0.3 is 6.09 Å². The number of carbonyl (C=O) groups excluding carboxylic acids is 2. The van der Waals surface area contributed by atoms with Gasteiger partial charge in [0, 0.05) is 31.0 Å². The summed E-state index contributed by atoms with van der Waals surface area (Å²) in [6.45, 7) is 3.42. The van der Waals surface area contributed by atoms with Crippen molar-refractivity contribution in [3.8, 4) is 0 Å². The molecule has 3 rings (SSSR count). The molecule has 1 aliphatic carbocycles. The predicted molar refractivity (Wildman–Crippen MR) is 77.0 cm³/mol. The average Bonchev–Trinajstić information content (AvgIpc) is 3.12. The number of aromatic amines is 1.